The van der Waals surface area contributed by atoms with Crippen molar-refractivity contribution in [2.45, 2.75) is 117 Å². The highest BCUT2D eigenvalue weighted by Gasteiger charge is 2.35. The Labute approximate surface area is 398 Å². The number of nitrogens with zero attached hydrogens (tertiary/aromatic N) is 4. The molecule has 0 unspecified atom stereocenters. The zero-order valence-electron chi connectivity index (χ0n) is 41.8. The first kappa shape index (κ1) is 45.4. The molecule has 0 aliphatic carbocycles. The molecule has 0 radical (unpaired) electrons. The van der Waals surface area contributed by atoms with Gasteiger partial charge in [0.25, 0.3) is 6.33 Å². The summed E-state index contributed by atoms with van der Waals surface area (Å²) in [6.07, 6.45) is 5.90. The van der Waals surface area contributed by atoms with Crippen LogP contribution in [0, 0.1) is 6.33 Å². The number of pyridine rings is 1. The van der Waals surface area contributed by atoms with Gasteiger partial charge in [-0.1, -0.05) is 181 Å². The van der Waals surface area contributed by atoms with Crippen molar-refractivity contribution in [1.29, 1.82) is 0 Å². The van der Waals surface area contributed by atoms with Crippen LogP contribution in [0.4, 0.5) is 0 Å². The predicted molar refractivity (Wildman–Crippen MR) is 278 cm³/mol. The summed E-state index contributed by atoms with van der Waals surface area (Å²) in [5.74, 6) is 2.39. The molecule has 340 valence electrons. The predicted octanol–water partition coefficient (Wildman–Crippen LogP) is 15.4. The minimum atomic E-state index is -0.356. The van der Waals surface area contributed by atoms with Gasteiger partial charge in [-0.05, 0) is 105 Å². The van der Waals surface area contributed by atoms with Crippen LogP contribution in [0.5, 0.6) is 11.5 Å². The highest BCUT2D eigenvalue weighted by molar-refractivity contribution is 6.09. The van der Waals surface area contributed by atoms with Crippen LogP contribution >= 0.6 is 0 Å². The first-order valence-corrected chi connectivity index (χ1v) is 23.8. The van der Waals surface area contributed by atoms with Gasteiger partial charge in [-0.3, -0.25) is 13.7 Å². The molecule has 0 bridgehead atoms. The normalized spacial score (nSPS) is 12.9. The fourth-order valence-corrected chi connectivity index (χ4v) is 9.78. The summed E-state index contributed by atoms with van der Waals surface area (Å²) >= 11 is 0. The molecule has 67 heavy (non-hydrogen) atoms. The number of hydrogen-bond donors (Lipinski definition) is 0. The molecule has 0 aliphatic heterocycles. The maximum absolute atomic E-state index is 7.13. The molecular formula is C62H66N4O. The molecule has 0 spiro atoms. The summed E-state index contributed by atoms with van der Waals surface area (Å²) in [5, 5.41) is 2.33. The Kier molecular flexibility index (Phi) is 11.2. The summed E-state index contributed by atoms with van der Waals surface area (Å²) in [6.45, 7) is 29.9. The Hall–Kier alpha value is -6.72. The van der Waals surface area contributed by atoms with E-state index in [1.807, 2.05) is 6.20 Å². The van der Waals surface area contributed by atoms with E-state index in [0.29, 0.717) is 0 Å². The van der Waals surface area contributed by atoms with Crippen LogP contribution in [0.2, 0.25) is 0 Å². The maximum atomic E-state index is 7.13. The van der Waals surface area contributed by atoms with Crippen molar-refractivity contribution in [1.82, 2.24) is 14.1 Å². The first-order chi connectivity index (χ1) is 31.6. The van der Waals surface area contributed by atoms with Crippen LogP contribution in [0.1, 0.15) is 129 Å². The third-order valence-electron chi connectivity index (χ3n) is 13.7. The summed E-state index contributed by atoms with van der Waals surface area (Å²) in [5.41, 5.74) is 11.7. The molecule has 9 rings (SSSR count). The van der Waals surface area contributed by atoms with Gasteiger partial charge in [-0.2, -0.15) is 0 Å². The average molecular weight is 883 g/mol. The molecule has 0 N–H and O–H groups in total. The molecule has 0 amide bonds. The highest BCUT2D eigenvalue weighted by atomic mass is 16.5. The van der Waals surface area contributed by atoms with Crippen LogP contribution in [0.15, 0.2) is 164 Å². The Balaban J connectivity index is 1.24. The highest BCUT2D eigenvalue weighted by Crippen LogP contribution is 2.42. The van der Waals surface area contributed by atoms with Crippen molar-refractivity contribution < 1.29 is 9.30 Å². The number of fused-ring (bicyclic) bond motifs is 3. The topological polar surface area (TPSA) is 35.9 Å². The van der Waals surface area contributed by atoms with Crippen molar-refractivity contribution in [2.24, 2.45) is 0 Å². The van der Waals surface area contributed by atoms with Crippen LogP contribution < -0.4 is 9.30 Å². The Morgan fingerprint density at radius 3 is 1.72 bits per heavy atom. The molecule has 3 aromatic heterocycles. The molecule has 5 heteroatoms. The molecule has 0 atom stereocenters. The van der Waals surface area contributed by atoms with Crippen LogP contribution in [-0.4, -0.2) is 14.1 Å². The fraction of sp³-hybridized carbons (Fsp3) is 0.290. The van der Waals surface area contributed by atoms with Crippen molar-refractivity contribution in [3.05, 3.63) is 209 Å². The lowest BCUT2D eigenvalue weighted by molar-refractivity contribution is -0.611. The van der Waals surface area contributed by atoms with Gasteiger partial charge >= 0.3 is 0 Å². The van der Waals surface area contributed by atoms with E-state index in [0.717, 1.165) is 50.7 Å². The van der Waals surface area contributed by atoms with Crippen molar-refractivity contribution in [3.8, 4) is 28.7 Å². The van der Waals surface area contributed by atoms with Gasteiger partial charge in [0.15, 0.2) is 0 Å². The number of aromatic nitrogens is 4. The summed E-state index contributed by atoms with van der Waals surface area (Å²) in [7, 11) is 0. The molecular weight excluding hydrogens is 817 g/mol. The number of ether oxygens (including phenoxy) is 1. The van der Waals surface area contributed by atoms with E-state index in [9.17, 15) is 0 Å². The molecule has 0 fully saturated rings. The standard InChI is InChI=1S/C62H66N4O/c1-58(2,3)44-33-34-63-55(38-44)66-53-30-21-20-29-51(53)52-32-31-49(40-54(52)66)67-50-37-46(62(12,13)43-25-18-15-19-26-43)36-48(39-50)65-41-64(56(59(4,5)6)57(65)60(7,8)9)47-28-22-27-45(35-47)61(10,11)42-23-16-14-17-24-42/h14-40H,1-13H3. The third kappa shape index (κ3) is 8.50. The van der Waals surface area contributed by atoms with Gasteiger partial charge in [0.1, 0.15) is 17.3 Å². The molecule has 0 saturated carbocycles. The van der Waals surface area contributed by atoms with Crippen LogP contribution in [0.25, 0.3) is 39.0 Å². The smallest absolute Gasteiger partial charge is 0.269 e. The molecule has 6 aromatic carbocycles. The van der Waals surface area contributed by atoms with Gasteiger partial charge in [0, 0.05) is 33.9 Å². The van der Waals surface area contributed by atoms with E-state index in [2.05, 4.69) is 268 Å². The second-order valence-electron chi connectivity index (χ2n) is 22.5. The minimum absolute atomic E-state index is 0.0266. The van der Waals surface area contributed by atoms with Gasteiger partial charge < -0.3 is 4.74 Å². The van der Waals surface area contributed by atoms with Crippen molar-refractivity contribution in [3.63, 3.8) is 0 Å². The molecule has 3 heterocycles. The van der Waals surface area contributed by atoms with Gasteiger partial charge in [0.2, 0.25) is 0 Å². The lowest BCUT2D eigenvalue weighted by Crippen LogP contribution is -2.41. The van der Waals surface area contributed by atoms with E-state index in [4.69, 9.17) is 9.72 Å². The summed E-state index contributed by atoms with van der Waals surface area (Å²) < 4.78 is 14.0. The number of rotatable bonds is 9. The zero-order valence-corrected chi connectivity index (χ0v) is 41.8. The monoisotopic (exact) mass is 883 g/mol. The van der Waals surface area contributed by atoms with E-state index >= 15 is 0 Å². The SMILES string of the molecule is CC(C)(C)c1ccnc(-n2c3ccccc3c3ccc(Oc4cc(-n5[c-][n+](-c6cccc(C(C)(C)c7ccccc7)c6)c(C(C)(C)C)c5C(C)(C)C)cc(C(C)(C)c5ccccc5)c4)cc32)c1. The first-order valence-electron chi connectivity index (χ1n) is 23.8. The van der Waals surface area contributed by atoms with Crippen LogP contribution in [0.3, 0.4) is 0 Å². The second-order valence-corrected chi connectivity index (χ2v) is 22.5. The fourth-order valence-electron chi connectivity index (χ4n) is 9.78. The van der Waals surface area contributed by atoms with E-state index in [-0.39, 0.29) is 27.1 Å². The quantitative estimate of drug-likeness (QED) is 0.107. The lowest BCUT2D eigenvalue weighted by atomic mass is 9.77. The third-order valence-corrected chi connectivity index (χ3v) is 13.7. The molecule has 9 aromatic rings. The number of benzene rings is 6. The number of imidazole rings is 1. The van der Waals surface area contributed by atoms with Gasteiger partial charge in [-0.25, -0.2) is 4.98 Å². The second kappa shape index (κ2) is 16.6. The summed E-state index contributed by atoms with van der Waals surface area (Å²) in [4.78, 5) is 4.94. The minimum Gasteiger partial charge on any atom is -0.458 e. The number of hydrogen-bond acceptors (Lipinski definition) is 2. The average Bonchev–Trinajstić information content (AvgIpc) is 3.88. The van der Waals surface area contributed by atoms with Gasteiger partial charge in [-0.15, -0.1) is 0 Å². The number of para-hydroxylation sites is 1. The van der Waals surface area contributed by atoms with Crippen molar-refractivity contribution >= 4 is 21.8 Å². The Morgan fingerprint density at radius 1 is 0.463 bits per heavy atom. The Morgan fingerprint density at radius 2 is 1.07 bits per heavy atom. The van der Waals surface area contributed by atoms with Crippen molar-refractivity contribution in [2.75, 3.05) is 0 Å². The lowest BCUT2D eigenvalue weighted by Gasteiger charge is -2.31. The van der Waals surface area contributed by atoms with E-state index < -0.39 is 0 Å². The zero-order chi connectivity index (χ0) is 47.7. The summed E-state index contributed by atoms with van der Waals surface area (Å²) in [6, 6.07) is 56.8. The molecule has 0 saturated heterocycles. The largest absolute Gasteiger partial charge is 0.458 e. The Bertz CT molecular complexity index is 3250. The molecule has 0 aliphatic rings. The maximum Gasteiger partial charge on any atom is 0.269 e. The van der Waals surface area contributed by atoms with E-state index in [1.165, 1.54) is 39.0 Å². The van der Waals surface area contributed by atoms with Crippen LogP contribution in [-0.2, 0) is 27.1 Å². The molecule has 5 nitrogen and oxygen atoms in total. The van der Waals surface area contributed by atoms with Gasteiger partial charge in [0.05, 0.1) is 33.8 Å². The van der Waals surface area contributed by atoms with E-state index in [1.54, 1.807) is 0 Å².